The lowest BCUT2D eigenvalue weighted by Crippen LogP contribution is -2.06. The van der Waals surface area contributed by atoms with Crippen molar-refractivity contribution in [2.24, 2.45) is 0 Å². The van der Waals surface area contributed by atoms with Gasteiger partial charge in [0.2, 0.25) is 0 Å². The van der Waals surface area contributed by atoms with Gasteiger partial charge in [-0.2, -0.15) is 0 Å². The molecule has 0 radical (unpaired) electrons. The molecule has 1 aliphatic rings. The van der Waals surface area contributed by atoms with E-state index in [9.17, 15) is 0 Å². The van der Waals surface area contributed by atoms with Gasteiger partial charge in [0, 0.05) is 24.4 Å². The van der Waals surface area contributed by atoms with Gasteiger partial charge in [0.25, 0.3) is 0 Å². The highest BCUT2D eigenvalue weighted by Crippen LogP contribution is 2.29. The van der Waals surface area contributed by atoms with Crippen LogP contribution >= 0.6 is 11.8 Å². The maximum atomic E-state index is 4.39. The standard InChI is InChI=1S/C16H22N4S/c1-12-10-14(8-7-13(12)11-17-2)21-16-19-18-15-6-4-3-5-9-20(15)16/h7-8,10,17H,3-6,9,11H2,1-2H3. The van der Waals surface area contributed by atoms with Crippen molar-refractivity contribution < 1.29 is 0 Å². The first-order valence-corrected chi connectivity index (χ1v) is 8.43. The van der Waals surface area contributed by atoms with Gasteiger partial charge in [-0.15, -0.1) is 10.2 Å². The van der Waals surface area contributed by atoms with Crippen LogP contribution in [-0.4, -0.2) is 21.8 Å². The Labute approximate surface area is 130 Å². The average Bonchev–Trinajstić information content (AvgIpc) is 2.71. The molecule has 0 saturated carbocycles. The number of fused-ring (bicyclic) bond motifs is 1. The van der Waals surface area contributed by atoms with Crippen molar-refractivity contribution in [1.29, 1.82) is 0 Å². The molecule has 1 N–H and O–H groups in total. The normalized spacial score (nSPS) is 14.8. The molecule has 3 rings (SSSR count). The van der Waals surface area contributed by atoms with Gasteiger partial charge in [0.05, 0.1) is 0 Å². The van der Waals surface area contributed by atoms with E-state index in [1.807, 2.05) is 7.05 Å². The van der Waals surface area contributed by atoms with E-state index < -0.39 is 0 Å². The molecule has 5 heteroatoms. The highest BCUT2D eigenvalue weighted by molar-refractivity contribution is 7.99. The quantitative estimate of drug-likeness (QED) is 0.942. The molecule has 0 atom stereocenters. The van der Waals surface area contributed by atoms with Gasteiger partial charge in [-0.3, -0.25) is 0 Å². The van der Waals surface area contributed by atoms with Crippen molar-refractivity contribution in [2.45, 2.75) is 55.7 Å². The number of rotatable bonds is 4. The Bertz CT molecular complexity index is 621. The summed E-state index contributed by atoms with van der Waals surface area (Å²) in [4.78, 5) is 1.24. The Morgan fingerprint density at radius 2 is 2.14 bits per heavy atom. The number of aromatic nitrogens is 3. The maximum Gasteiger partial charge on any atom is 0.196 e. The number of hydrogen-bond donors (Lipinski definition) is 1. The highest BCUT2D eigenvalue weighted by atomic mass is 32.2. The van der Waals surface area contributed by atoms with Crippen molar-refractivity contribution in [3.63, 3.8) is 0 Å². The molecular formula is C16H22N4S. The Hall–Kier alpha value is -1.33. The van der Waals surface area contributed by atoms with Gasteiger partial charge >= 0.3 is 0 Å². The molecular weight excluding hydrogens is 280 g/mol. The number of hydrogen-bond acceptors (Lipinski definition) is 4. The van der Waals surface area contributed by atoms with Crippen LogP contribution in [0.2, 0.25) is 0 Å². The third-order valence-electron chi connectivity index (χ3n) is 3.97. The molecule has 0 amide bonds. The highest BCUT2D eigenvalue weighted by Gasteiger charge is 2.15. The average molecular weight is 302 g/mol. The van der Waals surface area contributed by atoms with Crippen LogP contribution in [0.15, 0.2) is 28.3 Å². The van der Waals surface area contributed by atoms with Crippen molar-refractivity contribution in [1.82, 2.24) is 20.1 Å². The van der Waals surface area contributed by atoms with Gasteiger partial charge in [0.1, 0.15) is 5.82 Å². The lowest BCUT2D eigenvalue weighted by Gasteiger charge is -2.09. The molecule has 0 bridgehead atoms. The predicted molar refractivity (Wildman–Crippen MR) is 85.6 cm³/mol. The summed E-state index contributed by atoms with van der Waals surface area (Å²) in [6, 6.07) is 6.63. The molecule has 1 aromatic heterocycles. The van der Waals surface area contributed by atoms with Crippen LogP contribution in [0.3, 0.4) is 0 Å². The number of nitrogens with one attached hydrogen (secondary N) is 1. The molecule has 4 nitrogen and oxygen atoms in total. The van der Waals surface area contributed by atoms with Crippen LogP contribution in [-0.2, 0) is 19.5 Å². The fraction of sp³-hybridized carbons (Fsp3) is 0.500. The molecule has 0 unspecified atom stereocenters. The van der Waals surface area contributed by atoms with Crippen molar-refractivity contribution in [2.75, 3.05) is 7.05 Å². The zero-order valence-electron chi connectivity index (χ0n) is 12.7. The van der Waals surface area contributed by atoms with Crippen LogP contribution in [0.5, 0.6) is 0 Å². The minimum atomic E-state index is 0.914. The summed E-state index contributed by atoms with van der Waals surface area (Å²) in [7, 11) is 1.98. The second-order valence-electron chi connectivity index (χ2n) is 5.58. The summed E-state index contributed by atoms with van der Waals surface area (Å²) in [5, 5.41) is 13.0. The van der Waals surface area contributed by atoms with Gasteiger partial charge in [0.15, 0.2) is 5.16 Å². The zero-order valence-corrected chi connectivity index (χ0v) is 13.5. The number of benzene rings is 1. The molecule has 1 aliphatic heterocycles. The topological polar surface area (TPSA) is 42.7 Å². The van der Waals surface area contributed by atoms with Crippen molar-refractivity contribution in [3.05, 3.63) is 35.2 Å². The van der Waals surface area contributed by atoms with E-state index in [0.717, 1.165) is 30.5 Å². The molecule has 2 heterocycles. The summed E-state index contributed by atoms with van der Waals surface area (Å²) < 4.78 is 2.30. The fourth-order valence-electron chi connectivity index (χ4n) is 2.76. The van der Waals surface area contributed by atoms with Crippen LogP contribution < -0.4 is 5.32 Å². The van der Waals surface area contributed by atoms with Gasteiger partial charge in [-0.1, -0.05) is 12.5 Å². The van der Waals surface area contributed by atoms with E-state index in [1.54, 1.807) is 11.8 Å². The Morgan fingerprint density at radius 1 is 1.24 bits per heavy atom. The zero-order chi connectivity index (χ0) is 14.7. The Morgan fingerprint density at radius 3 is 2.95 bits per heavy atom. The van der Waals surface area contributed by atoms with Crippen LogP contribution in [0.1, 0.15) is 36.2 Å². The minimum absolute atomic E-state index is 0.914. The third-order valence-corrected chi connectivity index (χ3v) is 4.94. The molecule has 1 aromatic carbocycles. The first-order chi connectivity index (χ1) is 10.3. The summed E-state index contributed by atoms with van der Waals surface area (Å²) >= 11 is 1.73. The summed E-state index contributed by atoms with van der Waals surface area (Å²) in [6.45, 7) is 4.14. The maximum absolute atomic E-state index is 4.39. The Balaban J connectivity index is 1.81. The van der Waals surface area contributed by atoms with E-state index in [0.29, 0.717) is 0 Å². The van der Waals surface area contributed by atoms with Crippen LogP contribution in [0, 0.1) is 6.92 Å². The predicted octanol–water partition coefficient (Wildman–Crippen LogP) is 3.18. The van der Waals surface area contributed by atoms with Gasteiger partial charge in [-0.05, 0) is 61.8 Å². The molecule has 21 heavy (non-hydrogen) atoms. The lowest BCUT2D eigenvalue weighted by atomic mass is 10.1. The summed E-state index contributed by atoms with van der Waals surface area (Å²) in [6.07, 6.45) is 4.83. The first-order valence-electron chi connectivity index (χ1n) is 7.62. The summed E-state index contributed by atoms with van der Waals surface area (Å²) in [5.41, 5.74) is 2.67. The SMILES string of the molecule is CNCc1ccc(Sc2nnc3n2CCCCC3)cc1C. The molecule has 2 aromatic rings. The molecule has 112 valence electrons. The second kappa shape index (κ2) is 6.62. The van der Waals surface area contributed by atoms with E-state index >= 15 is 0 Å². The molecule has 0 aliphatic carbocycles. The molecule has 0 fully saturated rings. The first kappa shape index (κ1) is 14.6. The van der Waals surface area contributed by atoms with E-state index in [1.165, 1.54) is 35.3 Å². The second-order valence-corrected chi connectivity index (χ2v) is 6.62. The van der Waals surface area contributed by atoms with E-state index in [4.69, 9.17) is 0 Å². The number of nitrogens with zero attached hydrogens (tertiary/aromatic N) is 3. The Kier molecular flexibility index (Phi) is 4.60. The smallest absolute Gasteiger partial charge is 0.196 e. The minimum Gasteiger partial charge on any atom is -0.316 e. The van der Waals surface area contributed by atoms with Gasteiger partial charge in [-0.25, -0.2) is 0 Å². The monoisotopic (exact) mass is 302 g/mol. The largest absolute Gasteiger partial charge is 0.316 e. The lowest BCUT2D eigenvalue weighted by molar-refractivity contribution is 0.591. The van der Waals surface area contributed by atoms with E-state index in [-0.39, 0.29) is 0 Å². The van der Waals surface area contributed by atoms with Crippen molar-refractivity contribution in [3.8, 4) is 0 Å². The fourth-order valence-corrected chi connectivity index (χ4v) is 3.73. The third kappa shape index (κ3) is 3.30. The number of aryl methyl sites for hydroxylation is 2. The molecule has 0 saturated heterocycles. The van der Waals surface area contributed by atoms with E-state index in [2.05, 4.69) is 45.2 Å². The van der Waals surface area contributed by atoms with Crippen LogP contribution in [0.4, 0.5) is 0 Å². The summed E-state index contributed by atoms with van der Waals surface area (Å²) in [5.74, 6) is 1.15. The van der Waals surface area contributed by atoms with Gasteiger partial charge < -0.3 is 9.88 Å². The van der Waals surface area contributed by atoms with Crippen LogP contribution in [0.25, 0.3) is 0 Å². The molecule has 0 spiro atoms. The van der Waals surface area contributed by atoms with Crippen molar-refractivity contribution >= 4 is 11.8 Å².